The summed E-state index contributed by atoms with van der Waals surface area (Å²) in [6, 6.07) is 9.88. The Morgan fingerprint density at radius 3 is 2.43 bits per heavy atom. The average Bonchev–Trinajstić information content (AvgIpc) is 2.56. The fraction of sp³-hybridized carbons (Fsp3) is 0.533. The van der Waals surface area contributed by atoms with Gasteiger partial charge in [0, 0.05) is 6.54 Å². The Labute approximate surface area is 139 Å². The standard InChI is InChI=1S/C15H22N2O5S/c18-8-10-11(19)12(20)13(21)14(22-10)17-15(23)16-7-6-9-4-2-1-3-5-9/h1-5,10-14,18-21H,6-8H2,(H2,16,17,23)/t10-,11-,12+,13-,14-/m1/s1. The van der Waals surface area contributed by atoms with E-state index < -0.39 is 37.3 Å². The smallest absolute Gasteiger partial charge is 0.168 e. The molecule has 1 saturated heterocycles. The Kier molecular flexibility index (Phi) is 6.70. The number of thiocarbonyl (C=S) groups is 1. The predicted octanol–water partition coefficient (Wildman–Crippen LogP) is -1.51. The van der Waals surface area contributed by atoms with Gasteiger partial charge in [-0.25, -0.2) is 0 Å². The topological polar surface area (TPSA) is 114 Å². The number of hydrogen-bond acceptors (Lipinski definition) is 6. The number of ether oxygens (including phenoxy) is 1. The van der Waals surface area contributed by atoms with Crippen LogP contribution < -0.4 is 10.6 Å². The first-order chi connectivity index (χ1) is 11.0. The first-order valence-electron chi connectivity index (χ1n) is 7.41. The second kappa shape index (κ2) is 8.53. The summed E-state index contributed by atoms with van der Waals surface area (Å²) in [5, 5.41) is 44.4. The summed E-state index contributed by atoms with van der Waals surface area (Å²) in [4.78, 5) is 0. The second-order valence-electron chi connectivity index (χ2n) is 5.39. The van der Waals surface area contributed by atoms with Crippen molar-refractivity contribution in [2.75, 3.05) is 13.2 Å². The van der Waals surface area contributed by atoms with E-state index >= 15 is 0 Å². The van der Waals surface area contributed by atoms with Crippen molar-refractivity contribution in [1.29, 1.82) is 0 Å². The number of rotatable bonds is 5. The van der Waals surface area contributed by atoms with Crippen LogP contribution in [0.5, 0.6) is 0 Å². The van der Waals surface area contributed by atoms with Crippen molar-refractivity contribution in [2.24, 2.45) is 0 Å². The van der Waals surface area contributed by atoms with Crippen molar-refractivity contribution in [3.05, 3.63) is 35.9 Å². The largest absolute Gasteiger partial charge is 0.394 e. The minimum atomic E-state index is -1.43. The predicted molar refractivity (Wildman–Crippen MR) is 87.6 cm³/mol. The van der Waals surface area contributed by atoms with Gasteiger partial charge in [-0.1, -0.05) is 30.3 Å². The Hall–Kier alpha value is -1.29. The minimum absolute atomic E-state index is 0.255. The van der Waals surface area contributed by atoms with Gasteiger partial charge >= 0.3 is 0 Å². The lowest BCUT2D eigenvalue weighted by Crippen LogP contribution is -2.64. The van der Waals surface area contributed by atoms with E-state index in [9.17, 15) is 15.3 Å². The fourth-order valence-electron chi connectivity index (χ4n) is 2.37. The zero-order valence-corrected chi connectivity index (χ0v) is 13.3. The van der Waals surface area contributed by atoms with Crippen LogP contribution >= 0.6 is 12.2 Å². The second-order valence-corrected chi connectivity index (χ2v) is 5.79. The highest BCUT2D eigenvalue weighted by molar-refractivity contribution is 7.80. The van der Waals surface area contributed by atoms with Crippen LogP contribution in [0.1, 0.15) is 5.56 Å². The molecule has 1 aromatic rings. The van der Waals surface area contributed by atoms with Gasteiger partial charge in [0.2, 0.25) is 0 Å². The van der Waals surface area contributed by atoms with Gasteiger partial charge in [0.1, 0.15) is 24.4 Å². The highest BCUT2D eigenvalue weighted by atomic mass is 32.1. The van der Waals surface area contributed by atoms with Crippen molar-refractivity contribution in [3.63, 3.8) is 0 Å². The molecule has 2 rings (SSSR count). The van der Waals surface area contributed by atoms with E-state index in [1.165, 1.54) is 0 Å². The number of nitrogens with one attached hydrogen (secondary N) is 2. The van der Waals surface area contributed by atoms with E-state index in [0.717, 1.165) is 12.0 Å². The third-order valence-electron chi connectivity index (χ3n) is 3.71. The van der Waals surface area contributed by atoms with Crippen LogP contribution in [0.4, 0.5) is 0 Å². The maximum absolute atomic E-state index is 9.91. The summed E-state index contributed by atoms with van der Waals surface area (Å²) in [6.07, 6.45) is -5.36. The lowest BCUT2D eigenvalue weighted by atomic mass is 9.98. The first-order valence-corrected chi connectivity index (χ1v) is 7.82. The zero-order valence-electron chi connectivity index (χ0n) is 12.5. The van der Waals surface area contributed by atoms with E-state index in [1.54, 1.807) is 0 Å². The highest BCUT2D eigenvalue weighted by Gasteiger charge is 2.43. The molecule has 128 valence electrons. The van der Waals surface area contributed by atoms with Crippen LogP contribution in [0.25, 0.3) is 0 Å². The molecular formula is C15H22N2O5S. The number of benzene rings is 1. The van der Waals surface area contributed by atoms with Crippen LogP contribution in [0, 0.1) is 0 Å². The Morgan fingerprint density at radius 1 is 1.09 bits per heavy atom. The van der Waals surface area contributed by atoms with Gasteiger partial charge in [-0.15, -0.1) is 0 Å². The lowest BCUT2D eigenvalue weighted by Gasteiger charge is -2.40. The van der Waals surface area contributed by atoms with E-state index in [2.05, 4.69) is 10.6 Å². The molecule has 5 atom stereocenters. The van der Waals surface area contributed by atoms with Gasteiger partial charge in [0.15, 0.2) is 11.3 Å². The maximum Gasteiger partial charge on any atom is 0.168 e. The van der Waals surface area contributed by atoms with Crippen molar-refractivity contribution >= 4 is 17.3 Å². The molecule has 23 heavy (non-hydrogen) atoms. The maximum atomic E-state index is 9.91. The number of aliphatic hydroxyl groups is 4. The summed E-state index contributed by atoms with van der Waals surface area (Å²) in [5.41, 5.74) is 1.16. The Bertz CT molecular complexity index is 502. The van der Waals surface area contributed by atoms with Crippen molar-refractivity contribution in [3.8, 4) is 0 Å². The van der Waals surface area contributed by atoms with Crippen LogP contribution in [-0.2, 0) is 11.2 Å². The minimum Gasteiger partial charge on any atom is -0.394 e. The molecule has 1 fully saturated rings. The van der Waals surface area contributed by atoms with Crippen LogP contribution in [-0.4, -0.2) is 69.3 Å². The van der Waals surface area contributed by atoms with E-state index in [0.29, 0.717) is 6.54 Å². The Balaban J connectivity index is 1.79. The van der Waals surface area contributed by atoms with Gasteiger partial charge in [-0.3, -0.25) is 0 Å². The molecule has 1 aromatic carbocycles. The summed E-state index contributed by atoms with van der Waals surface area (Å²) in [5.74, 6) is 0. The number of aliphatic hydroxyl groups excluding tert-OH is 4. The van der Waals surface area contributed by atoms with Crippen molar-refractivity contribution in [2.45, 2.75) is 37.1 Å². The third-order valence-corrected chi connectivity index (χ3v) is 3.97. The molecule has 8 heteroatoms. The molecule has 0 unspecified atom stereocenters. The van der Waals surface area contributed by atoms with E-state index in [4.69, 9.17) is 22.1 Å². The molecule has 0 radical (unpaired) electrons. The molecule has 1 aliphatic rings. The third kappa shape index (κ3) is 4.84. The van der Waals surface area contributed by atoms with Gasteiger partial charge in [0.25, 0.3) is 0 Å². The Morgan fingerprint density at radius 2 is 1.78 bits per heavy atom. The SMILES string of the molecule is OC[C@H]1O[C@@H](NC(=S)NCCc2ccccc2)[C@H](O)[C@@H](O)[C@@H]1O. The number of hydrogen-bond donors (Lipinski definition) is 6. The summed E-state index contributed by atoms with van der Waals surface area (Å²) in [6.45, 7) is 0.116. The van der Waals surface area contributed by atoms with Crippen LogP contribution in [0.15, 0.2) is 30.3 Å². The van der Waals surface area contributed by atoms with Gasteiger partial charge in [0.05, 0.1) is 6.61 Å². The van der Waals surface area contributed by atoms with Gasteiger partial charge in [-0.2, -0.15) is 0 Å². The summed E-state index contributed by atoms with van der Waals surface area (Å²) in [7, 11) is 0. The van der Waals surface area contributed by atoms with E-state index in [-0.39, 0.29) is 5.11 Å². The highest BCUT2D eigenvalue weighted by Crippen LogP contribution is 2.19. The quantitative estimate of drug-likeness (QED) is 0.358. The van der Waals surface area contributed by atoms with Gasteiger partial charge < -0.3 is 35.8 Å². The molecule has 1 heterocycles. The molecule has 0 saturated carbocycles. The normalized spacial score (nSPS) is 30.7. The van der Waals surface area contributed by atoms with Crippen molar-refractivity contribution < 1.29 is 25.2 Å². The fourth-order valence-corrected chi connectivity index (χ4v) is 2.58. The zero-order chi connectivity index (χ0) is 16.8. The molecule has 0 aromatic heterocycles. The van der Waals surface area contributed by atoms with E-state index in [1.807, 2.05) is 30.3 Å². The molecule has 1 aliphatic heterocycles. The lowest BCUT2D eigenvalue weighted by molar-refractivity contribution is -0.232. The molecular weight excluding hydrogens is 320 g/mol. The van der Waals surface area contributed by atoms with Crippen LogP contribution in [0.3, 0.4) is 0 Å². The monoisotopic (exact) mass is 342 g/mol. The van der Waals surface area contributed by atoms with Crippen molar-refractivity contribution in [1.82, 2.24) is 10.6 Å². The molecule has 7 nitrogen and oxygen atoms in total. The first kappa shape index (κ1) is 18.1. The summed E-state index contributed by atoms with van der Waals surface area (Å²) >= 11 is 5.13. The molecule has 0 bridgehead atoms. The molecule has 0 spiro atoms. The average molecular weight is 342 g/mol. The molecule has 6 N–H and O–H groups in total. The summed E-state index contributed by atoms with van der Waals surface area (Å²) < 4.78 is 5.32. The van der Waals surface area contributed by atoms with Crippen LogP contribution in [0.2, 0.25) is 0 Å². The molecule has 0 aliphatic carbocycles. The van der Waals surface area contributed by atoms with Gasteiger partial charge in [-0.05, 0) is 24.2 Å². The molecule has 0 amide bonds.